The second-order valence-electron chi connectivity index (χ2n) is 7.10. The van der Waals surface area contributed by atoms with Gasteiger partial charge in [-0.1, -0.05) is 54.1 Å². The molecule has 7 heteroatoms. The van der Waals surface area contributed by atoms with E-state index in [1.165, 1.54) is 25.2 Å². The molecule has 1 saturated heterocycles. The summed E-state index contributed by atoms with van der Waals surface area (Å²) >= 11 is 6.14. The smallest absolute Gasteiger partial charge is 0.300 e. The van der Waals surface area contributed by atoms with E-state index in [9.17, 15) is 14.7 Å². The second kappa shape index (κ2) is 8.77. The van der Waals surface area contributed by atoms with E-state index in [2.05, 4.69) is 0 Å². The van der Waals surface area contributed by atoms with Gasteiger partial charge in [-0.15, -0.1) is 0 Å². The summed E-state index contributed by atoms with van der Waals surface area (Å²) in [5, 5.41) is 11.6. The van der Waals surface area contributed by atoms with E-state index in [0.29, 0.717) is 27.8 Å². The summed E-state index contributed by atoms with van der Waals surface area (Å²) in [6.07, 6.45) is 0. The third-order valence-electron chi connectivity index (χ3n) is 5.32. The molecule has 1 heterocycles. The zero-order chi connectivity index (χ0) is 22.8. The number of methoxy groups -OCH3 is 2. The first-order valence-corrected chi connectivity index (χ1v) is 10.2. The van der Waals surface area contributed by atoms with Crippen LogP contribution < -0.4 is 14.4 Å². The molecular formula is C25H20ClNO5. The molecule has 4 rings (SSSR count). The minimum absolute atomic E-state index is 0.0623. The minimum atomic E-state index is -0.879. The molecule has 1 aliphatic heterocycles. The Morgan fingerprint density at radius 2 is 1.56 bits per heavy atom. The molecule has 1 atom stereocenters. The van der Waals surface area contributed by atoms with E-state index in [1.807, 2.05) is 6.07 Å². The van der Waals surface area contributed by atoms with Crippen LogP contribution in [-0.2, 0) is 9.59 Å². The van der Waals surface area contributed by atoms with Gasteiger partial charge in [-0.3, -0.25) is 14.5 Å². The zero-order valence-corrected chi connectivity index (χ0v) is 18.2. The highest BCUT2D eigenvalue weighted by Crippen LogP contribution is 2.45. The topological polar surface area (TPSA) is 76.1 Å². The van der Waals surface area contributed by atoms with Crippen LogP contribution in [0.25, 0.3) is 5.76 Å². The Morgan fingerprint density at radius 1 is 0.906 bits per heavy atom. The number of amides is 1. The minimum Gasteiger partial charge on any atom is -0.507 e. The number of halogens is 1. The number of hydrogen-bond acceptors (Lipinski definition) is 5. The largest absolute Gasteiger partial charge is 0.507 e. The molecule has 3 aromatic rings. The highest BCUT2D eigenvalue weighted by atomic mass is 35.5. The Bertz CT molecular complexity index is 1220. The van der Waals surface area contributed by atoms with Crippen LogP contribution in [0.2, 0.25) is 5.02 Å². The second-order valence-corrected chi connectivity index (χ2v) is 7.53. The van der Waals surface area contributed by atoms with Crippen molar-refractivity contribution in [1.29, 1.82) is 0 Å². The molecule has 32 heavy (non-hydrogen) atoms. The molecule has 1 N–H and O–H groups in total. The van der Waals surface area contributed by atoms with Crippen molar-refractivity contribution < 1.29 is 24.2 Å². The van der Waals surface area contributed by atoms with Crippen molar-refractivity contribution in [3.05, 3.63) is 94.5 Å². The lowest BCUT2D eigenvalue weighted by Crippen LogP contribution is -2.29. The van der Waals surface area contributed by atoms with Crippen molar-refractivity contribution in [2.75, 3.05) is 19.1 Å². The Labute approximate surface area is 190 Å². The molecule has 0 saturated carbocycles. The highest BCUT2D eigenvalue weighted by molar-refractivity contribution is 6.52. The Hall–Kier alpha value is -3.77. The number of para-hydroxylation sites is 2. The fourth-order valence-corrected chi connectivity index (χ4v) is 4.04. The maximum absolute atomic E-state index is 13.2. The molecule has 0 radical (unpaired) electrons. The van der Waals surface area contributed by atoms with Gasteiger partial charge in [-0.05, 0) is 35.9 Å². The number of carbonyl (C=O) groups is 2. The van der Waals surface area contributed by atoms with Gasteiger partial charge in [0.25, 0.3) is 11.7 Å². The highest BCUT2D eigenvalue weighted by Gasteiger charge is 2.48. The Morgan fingerprint density at radius 3 is 2.25 bits per heavy atom. The maximum atomic E-state index is 13.2. The number of carbonyl (C=O) groups excluding carboxylic acids is 2. The summed E-state index contributed by atoms with van der Waals surface area (Å²) in [6, 6.07) is 19.8. The van der Waals surface area contributed by atoms with Gasteiger partial charge in [0.05, 0.1) is 37.1 Å². The van der Waals surface area contributed by atoms with Gasteiger partial charge in [0.2, 0.25) is 0 Å². The Balaban J connectivity index is 2.00. The quantitative estimate of drug-likeness (QED) is 0.337. The standard InChI is InChI=1S/C25H20ClNO5/c1-31-19-13-12-16(26)14-17(19)23(28)21-22(15-8-4-3-5-9-15)27(25(30)24(21)29)18-10-6-7-11-20(18)32-2/h3-14,22,28H,1-2H3/b23-21+. The number of benzene rings is 3. The molecule has 1 amide bonds. The van der Waals surface area contributed by atoms with E-state index in [1.54, 1.807) is 60.7 Å². The van der Waals surface area contributed by atoms with E-state index in [4.69, 9.17) is 21.1 Å². The number of ketones is 1. The van der Waals surface area contributed by atoms with Crippen LogP contribution in [0.5, 0.6) is 11.5 Å². The molecule has 0 bridgehead atoms. The van der Waals surface area contributed by atoms with Gasteiger partial charge in [0.15, 0.2) is 0 Å². The number of aliphatic hydroxyl groups excluding tert-OH is 1. The van der Waals surface area contributed by atoms with Gasteiger partial charge in [0, 0.05) is 5.02 Å². The fourth-order valence-electron chi connectivity index (χ4n) is 3.87. The number of hydrogen-bond donors (Lipinski definition) is 1. The molecule has 162 valence electrons. The monoisotopic (exact) mass is 449 g/mol. The summed E-state index contributed by atoms with van der Waals surface area (Å²) < 4.78 is 10.8. The van der Waals surface area contributed by atoms with Crippen LogP contribution in [0.4, 0.5) is 5.69 Å². The number of ether oxygens (including phenoxy) is 2. The van der Waals surface area contributed by atoms with Crippen molar-refractivity contribution in [1.82, 2.24) is 0 Å². The van der Waals surface area contributed by atoms with Crippen LogP contribution in [0.15, 0.2) is 78.4 Å². The van der Waals surface area contributed by atoms with Gasteiger partial charge in [-0.25, -0.2) is 0 Å². The van der Waals surface area contributed by atoms with Crippen molar-refractivity contribution in [2.24, 2.45) is 0 Å². The first kappa shape index (κ1) is 21.5. The van der Waals surface area contributed by atoms with Gasteiger partial charge >= 0.3 is 0 Å². The van der Waals surface area contributed by atoms with Gasteiger partial charge in [0.1, 0.15) is 17.3 Å². The maximum Gasteiger partial charge on any atom is 0.300 e. The van der Waals surface area contributed by atoms with E-state index < -0.39 is 17.7 Å². The molecule has 0 spiro atoms. The number of aliphatic hydroxyl groups is 1. The molecule has 3 aromatic carbocycles. The molecule has 0 aromatic heterocycles. The third-order valence-corrected chi connectivity index (χ3v) is 5.56. The van der Waals surface area contributed by atoms with Crippen molar-refractivity contribution in [2.45, 2.75) is 6.04 Å². The van der Waals surface area contributed by atoms with Crippen LogP contribution >= 0.6 is 11.6 Å². The lowest BCUT2D eigenvalue weighted by Gasteiger charge is -2.26. The molecular weight excluding hydrogens is 430 g/mol. The van der Waals surface area contributed by atoms with E-state index in [-0.39, 0.29) is 16.9 Å². The van der Waals surface area contributed by atoms with Crippen LogP contribution in [0.3, 0.4) is 0 Å². The van der Waals surface area contributed by atoms with Crippen molar-refractivity contribution in [3.63, 3.8) is 0 Å². The fraction of sp³-hybridized carbons (Fsp3) is 0.120. The average Bonchev–Trinajstić information content (AvgIpc) is 3.09. The molecule has 0 aliphatic carbocycles. The number of nitrogens with zero attached hydrogens (tertiary/aromatic N) is 1. The third kappa shape index (κ3) is 3.59. The summed E-state index contributed by atoms with van der Waals surface area (Å²) in [7, 11) is 2.94. The first-order valence-electron chi connectivity index (χ1n) is 9.80. The number of rotatable bonds is 5. The van der Waals surface area contributed by atoms with Gasteiger partial charge < -0.3 is 14.6 Å². The molecule has 6 nitrogen and oxygen atoms in total. The SMILES string of the molecule is COc1ccc(Cl)cc1/C(O)=C1\C(=O)C(=O)N(c2ccccc2OC)C1c1ccccc1. The number of anilines is 1. The average molecular weight is 450 g/mol. The van der Waals surface area contributed by atoms with E-state index >= 15 is 0 Å². The summed E-state index contributed by atoms with van der Waals surface area (Å²) in [6.45, 7) is 0. The summed E-state index contributed by atoms with van der Waals surface area (Å²) in [5.74, 6) is -1.21. The zero-order valence-electron chi connectivity index (χ0n) is 17.4. The summed E-state index contributed by atoms with van der Waals surface area (Å²) in [4.78, 5) is 27.8. The lowest BCUT2D eigenvalue weighted by atomic mass is 9.95. The van der Waals surface area contributed by atoms with Crippen LogP contribution in [0.1, 0.15) is 17.2 Å². The normalized spacial score (nSPS) is 17.5. The lowest BCUT2D eigenvalue weighted by molar-refractivity contribution is -0.132. The van der Waals surface area contributed by atoms with E-state index in [0.717, 1.165) is 0 Å². The first-order chi connectivity index (χ1) is 15.5. The van der Waals surface area contributed by atoms with Gasteiger partial charge in [-0.2, -0.15) is 0 Å². The Kier molecular flexibility index (Phi) is 5.88. The summed E-state index contributed by atoms with van der Waals surface area (Å²) in [5.41, 5.74) is 1.23. The predicted octanol–water partition coefficient (Wildman–Crippen LogP) is 4.98. The molecule has 1 unspecified atom stereocenters. The van der Waals surface area contributed by atoms with Crippen LogP contribution in [0, 0.1) is 0 Å². The molecule has 1 aliphatic rings. The van der Waals surface area contributed by atoms with Crippen molar-refractivity contribution in [3.8, 4) is 11.5 Å². The van der Waals surface area contributed by atoms with Crippen molar-refractivity contribution >= 4 is 34.7 Å². The predicted molar refractivity (Wildman–Crippen MR) is 122 cm³/mol. The van der Waals surface area contributed by atoms with Crippen LogP contribution in [-0.4, -0.2) is 31.0 Å². The molecule has 1 fully saturated rings. The number of Topliss-reactive ketones (excluding diaryl/α,β-unsaturated/α-hetero) is 1.